The molecule has 39 heavy (non-hydrogen) atoms. The molecule has 1 atom stereocenters. The van der Waals surface area contributed by atoms with E-state index in [1.807, 2.05) is 41.3 Å². The van der Waals surface area contributed by atoms with Crippen molar-refractivity contribution in [1.82, 2.24) is 4.90 Å². The molecule has 1 amide bonds. The van der Waals surface area contributed by atoms with E-state index in [4.69, 9.17) is 14.9 Å². The summed E-state index contributed by atoms with van der Waals surface area (Å²) in [5, 5.41) is 25.8. The predicted octanol–water partition coefficient (Wildman–Crippen LogP) is 5.29. The van der Waals surface area contributed by atoms with Crippen LogP contribution in [0.1, 0.15) is 56.4 Å². The lowest BCUT2D eigenvalue weighted by Gasteiger charge is -2.31. The van der Waals surface area contributed by atoms with Crippen molar-refractivity contribution in [3.63, 3.8) is 0 Å². The van der Waals surface area contributed by atoms with E-state index in [1.165, 1.54) is 32.1 Å². The average molecular weight is 557 g/mol. The number of fused-ring (bicyclic) bond motifs is 1. The summed E-state index contributed by atoms with van der Waals surface area (Å²) in [4.78, 5) is 36.8. The van der Waals surface area contributed by atoms with Crippen LogP contribution in [0.25, 0.3) is 0 Å². The van der Waals surface area contributed by atoms with Crippen LogP contribution < -0.4 is 9.64 Å². The number of para-hydroxylation sites is 1. The normalized spacial score (nSPS) is 17.0. The molecule has 0 bridgehead atoms. The maximum atomic E-state index is 12.4. The molecule has 1 aliphatic carbocycles. The Balaban J connectivity index is 0.000000459. The number of hydrogen-bond acceptors (Lipinski definition) is 7. The number of rotatable bonds is 9. The Morgan fingerprint density at radius 3 is 2.36 bits per heavy atom. The molecule has 1 aliphatic heterocycles. The van der Waals surface area contributed by atoms with Crippen LogP contribution >= 0.6 is 11.8 Å². The summed E-state index contributed by atoms with van der Waals surface area (Å²) >= 11 is 1.65. The van der Waals surface area contributed by atoms with Crippen LogP contribution in [0.5, 0.6) is 11.5 Å². The third-order valence-electron chi connectivity index (χ3n) is 6.69. The van der Waals surface area contributed by atoms with Gasteiger partial charge in [0.2, 0.25) is 5.91 Å². The van der Waals surface area contributed by atoms with Gasteiger partial charge in [-0.1, -0.05) is 49.2 Å². The van der Waals surface area contributed by atoms with Crippen LogP contribution in [-0.2, 0) is 14.4 Å². The highest BCUT2D eigenvalue weighted by Gasteiger charge is 2.34. The van der Waals surface area contributed by atoms with Crippen molar-refractivity contribution in [3.8, 4) is 11.5 Å². The molecule has 1 unspecified atom stereocenters. The van der Waals surface area contributed by atoms with Crippen molar-refractivity contribution in [2.45, 2.75) is 61.8 Å². The number of aliphatic carboxylic acids is 2. The van der Waals surface area contributed by atoms with Gasteiger partial charge in [0.15, 0.2) is 11.5 Å². The van der Waals surface area contributed by atoms with E-state index < -0.39 is 11.9 Å². The van der Waals surface area contributed by atoms with Gasteiger partial charge in [-0.05, 0) is 56.1 Å². The van der Waals surface area contributed by atoms with Crippen molar-refractivity contribution in [3.05, 3.63) is 60.2 Å². The van der Waals surface area contributed by atoms with Crippen molar-refractivity contribution in [1.29, 1.82) is 0 Å². The van der Waals surface area contributed by atoms with Gasteiger partial charge < -0.3 is 25.0 Å². The second-order valence-corrected chi connectivity index (χ2v) is 10.7. The van der Waals surface area contributed by atoms with E-state index >= 15 is 0 Å². The number of nitrogens with zero attached hydrogens (tertiary/aromatic N) is 2. The monoisotopic (exact) mass is 556 g/mol. The molecule has 10 heteroatoms. The minimum Gasteiger partial charge on any atom is -0.504 e. The molecule has 9 nitrogen and oxygen atoms in total. The standard InChI is InChI=1S/C25H32N2O3S.C4H4O4/c1-18(28)27-21-11-6-7-12-24(21)31-25(27)19-13-14-22(29)23(17-19)30-16-8-15-26(2)20-9-4-3-5-10-20;5-3(6)1-2-4(7)8/h6-7,11-14,17,20,25,29H,3-5,8-10,15-16H2,1-2H3;1-2H,(H,5,6)(H,7,8). The van der Waals surface area contributed by atoms with Gasteiger partial charge in [-0.3, -0.25) is 9.69 Å². The lowest BCUT2D eigenvalue weighted by Crippen LogP contribution is -2.34. The smallest absolute Gasteiger partial charge is 0.328 e. The zero-order valence-electron chi connectivity index (χ0n) is 22.3. The van der Waals surface area contributed by atoms with E-state index in [1.54, 1.807) is 24.8 Å². The number of carboxylic acid groups (broad SMARTS) is 2. The maximum Gasteiger partial charge on any atom is 0.328 e. The number of carbonyl (C=O) groups excluding carboxylic acids is 1. The number of thioether (sulfide) groups is 1. The highest BCUT2D eigenvalue weighted by atomic mass is 32.2. The summed E-state index contributed by atoms with van der Waals surface area (Å²) in [6.07, 6.45) is 8.68. The number of amides is 1. The Kier molecular flexibility index (Phi) is 11.2. The fourth-order valence-electron chi connectivity index (χ4n) is 4.75. The first-order valence-electron chi connectivity index (χ1n) is 13.0. The second-order valence-electron chi connectivity index (χ2n) is 9.54. The maximum absolute atomic E-state index is 12.4. The van der Waals surface area contributed by atoms with Crippen LogP contribution in [0.2, 0.25) is 0 Å². The molecule has 4 rings (SSSR count). The number of phenolic OH excluding ortho intramolecular Hbond substituents is 1. The second kappa shape index (κ2) is 14.6. The van der Waals surface area contributed by atoms with Crippen LogP contribution in [0.15, 0.2) is 59.5 Å². The molecule has 3 N–H and O–H groups in total. The van der Waals surface area contributed by atoms with Crippen molar-refractivity contribution in [2.24, 2.45) is 0 Å². The van der Waals surface area contributed by atoms with Crippen LogP contribution in [0.3, 0.4) is 0 Å². The van der Waals surface area contributed by atoms with Gasteiger partial charge in [0.25, 0.3) is 0 Å². The lowest BCUT2D eigenvalue weighted by atomic mass is 9.94. The molecule has 0 radical (unpaired) electrons. The number of phenols is 1. The van der Waals surface area contributed by atoms with E-state index in [-0.39, 0.29) is 17.0 Å². The Hall–Kier alpha value is -3.50. The molecule has 1 saturated carbocycles. The quantitative estimate of drug-likeness (QED) is 0.279. The van der Waals surface area contributed by atoms with Gasteiger partial charge >= 0.3 is 11.9 Å². The van der Waals surface area contributed by atoms with Crippen molar-refractivity contribution >= 4 is 35.3 Å². The fourth-order valence-corrected chi connectivity index (χ4v) is 6.08. The molecule has 0 aromatic heterocycles. The van der Waals surface area contributed by atoms with Crippen LogP contribution in [0, 0.1) is 0 Å². The van der Waals surface area contributed by atoms with Crippen LogP contribution in [-0.4, -0.2) is 64.3 Å². The molecular formula is C29H36N2O7S. The first-order valence-corrected chi connectivity index (χ1v) is 13.9. The SMILES string of the molecule is CC(=O)N1c2ccccc2SC1c1ccc(O)c(OCCCN(C)C2CCCCC2)c1.O=C(O)C=CC(=O)O. The minimum atomic E-state index is -1.26. The number of hydrogen-bond donors (Lipinski definition) is 3. The van der Waals surface area contributed by atoms with Gasteiger partial charge in [-0.15, -0.1) is 0 Å². The van der Waals surface area contributed by atoms with Gasteiger partial charge in [0.05, 0.1) is 12.3 Å². The molecule has 1 heterocycles. The van der Waals surface area contributed by atoms with E-state index in [9.17, 15) is 19.5 Å². The van der Waals surface area contributed by atoms with Crippen molar-refractivity contribution in [2.75, 3.05) is 25.1 Å². The summed E-state index contributed by atoms with van der Waals surface area (Å²) < 4.78 is 5.96. The number of aromatic hydroxyl groups is 1. The third kappa shape index (κ3) is 8.76. The summed E-state index contributed by atoms with van der Waals surface area (Å²) in [6.45, 7) is 3.15. The summed E-state index contributed by atoms with van der Waals surface area (Å²) in [5.74, 6) is -1.89. The van der Waals surface area contributed by atoms with Gasteiger partial charge in [0.1, 0.15) is 5.37 Å². The van der Waals surface area contributed by atoms with E-state index in [0.717, 1.165) is 29.1 Å². The van der Waals surface area contributed by atoms with Gasteiger partial charge in [-0.2, -0.15) is 0 Å². The largest absolute Gasteiger partial charge is 0.504 e. The summed E-state index contributed by atoms with van der Waals surface area (Å²) in [5.41, 5.74) is 1.88. The number of benzene rings is 2. The fraction of sp³-hybridized carbons (Fsp3) is 0.414. The van der Waals surface area contributed by atoms with Crippen LogP contribution in [0.4, 0.5) is 5.69 Å². The first kappa shape index (κ1) is 30.0. The highest BCUT2D eigenvalue weighted by molar-refractivity contribution is 8.00. The molecule has 1 fully saturated rings. The Bertz CT molecular complexity index is 1160. The Morgan fingerprint density at radius 1 is 1.05 bits per heavy atom. The molecule has 0 saturated heterocycles. The lowest BCUT2D eigenvalue weighted by molar-refractivity contribution is -0.134. The third-order valence-corrected chi connectivity index (χ3v) is 7.99. The number of ether oxygens (including phenoxy) is 1. The predicted molar refractivity (Wildman–Crippen MR) is 150 cm³/mol. The highest BCUT2D eigenvalue weighted by Crippen LogP contribution is 2.52. The topological polar surface area (TPSA) is 128 Å². The van der Waals surface area contributed by atoms with Gasteiger partial charge in [0, 0.05) is 36.6 Å². The molecule has 2 aromatic carbocycles. The molecular weight excluding hydrogens is 520 g/mol. The molecule has 2 aliphatic rings. The zero-order valence-corrected chi connectivity index (χ0v) is 23.1. The Morgan fingerprint density at radius 2 is 1.72 bits per heavy atom. The Labute approximate surface area is 233 Å². The molecule has 0 spiro atoms. The number of carbonyl (C=O) groups is 3. The van der Waals surface area contributed by atoms with E-state index in [2.05, 4.69) is 11.9 Å². The zero-order chi connectivity index (χ0) is 28.4. The van der Waals surface area contributed by atoms with Crippen molar-refractivity contribution < 1.29 is 34.4 Å². The minimum absolute atomic E-state index is 0.00347. The first-order chi connectivity index (χ1) is 18.7. The molecule has 2 aromatic rings. The summed E-state index contributed by atoms with van der Waals surface area (Å²) in [7, 11) is 2.21. The summed E-state index contributed by atoms with van der Waals surface area (Å²) in [6, 6.07) is 14.1. The number of carboxylic acids is 2. The van der Waals surface area contributed by atoms with E-state index in [0.29, 0.717) is 30.6 Å². The molecule has 210 valence electrons. The average Bonchev–Trinajstić information content (AvgIpc) is 3.31. The number of anilines is 1. The van der Waals surface area contributed by atoms with Gasteiger partial charge in [-0.25, -0.2) is 9.59 Å².